The summed E-state index contributed by atoms with van der Waals surface area (Å²) in [7, 11) is 0. The molecule has 13 heavy (non-hydrogen) atoms. The van der Waals surface area contributed by atoms with Crippen molar-refractivity contribution >= 4 is 17.5 Å². The minimum atomic E-state index is -0.0197. The van der Waals surface area contributed by atoms with Gasteiger partial charge in [-0.25, -0.2) is 0 Å². The van der Waals surface area contributed by atoms with E-state index in [-0.39, 0.29) is 5.91 Å². The molecule has 0 N–H and O–H groups in total. The first-order valence-corrected chi connectivity index (χ1v) is 4.56. The van der Waals surface area contributed by atoms with Crippen molar-refractivity contribution in [1.82, 2.24) is 9.88 Å². The number of likely N-dealkylation sites (tertiary alicyclic amines) is 1. The molecule has 1 aromatic rings. The van der Waals surface area contributed by atoms with Crippen LogP contribution in [0.3, 0.4) is 0 Å². The third-order valence-corrected chi connectivity index (χ3v) is 2.32. The van der Waals surface area contributed by atoms with Gasteiger partial charge in [0.2, 0.25) is 0 Å². The number of rotatable bonds is 1. The van der Waals surface area contributed by atoms with Gasteiger partial charge < -0.3 is 4.90 Å². The van der Waals surface area contributed by atoms with Gasteiger partial charge in [0.05, 0.1) is 0 Å². The number of halogens is 1. The van der Waals surface area contributed by atoms with Crippen LogP contribution in [0.1, 0.15) is 16.9 Å². The predicted molar refractivity (Wildman–Crippen MR) is 49.8 cm³/mol. The molecule has 1 amide bonds. The first-order chi connectivity index (χ1) is 6.27. The van der Waals surface area contributed by atoms with Gasteiger partial charge in [0.1, 0.15) is 5.69 Å². The molecule has 1 aliphatic rings. The second-order valence-electron chi connectivity index (χ2n) is 3.01. The Bertz CT molecular complexity index is 336. The second-order valence-corrected chi connectivity index (χ2v) is 3.44. The van der Waals surface area contributed by atoms with Crippen molar-refractivity contribution in [2.24, 2.45) is 0 Å². The average Bonchev–Trinajstić information content (AvgIpc) is 2.01. The summed E-state index contributed by atoms with van der Waals surface area (Å²) in [5.41, 5.74) is 0.437. The van der Waals surface area contributed by atoms with Crippen LogP contribution in [0.25, 0.3) is 0 Å². The maximum atomic E-state index is 11.6. The zero-order valence-electron chi connectivity index (χ0n) is 7.03. The summed E-state index contributed by atoms with van der Waals surface area (Å²) in [5.74, 6) is -0.0197. The minimum absolute atomic E-state index is 0.0197. The van der Waals surface area contributed by atoms with Gasteiger partial charge in [0.25, 0.3) is 5.91 Å². The van der Waals surface area contributed by atoms with Crippen LogP contribution in [-0.4, -0.2) is 28.9 Å². The highest BCUT2D eigenvalue weighted by Gasteiger charge is 2.22. The highest BCUT2D eigenvalue weighted by atomic mass is 35.5. The maximum Gasteiger partial charge on any atom is 0.272 e. The fourth-order valence-electron chi connectivity index (χ4n) is 1.20. The zero-order chi connectivity index (χ0) is 9.26. The summed E-state index contributed by atoms with van der Waals surface area (Å²) in [5, 5.41) is 0.555. The van der Waals surface area contributed by atoms with E-state index in [4.69, 9.17) is 11.6 Å². The molecule has 3 nitrogen and oxygen atoms in total. The van der Waals surface area contributed by atoms with Gasteiger partial charge in [-0.15, -0.1) is 0 Å². The van der Waals surface area contributed by atoms with E-state index >= 15 is 0 Å². The van der Waals surface area contributed by atoms with E-state index in [9.17, 15) is 4.79 Å². The molecule has 0 saturated carbocycles. The SMILES string of the molecule is O=C(c1cc(Cl)ccn1)N1CCC1. The van der Waals surface area contributed by atoms with Crippen LogP contribution in [0.15, 0.2) is 18.3 Å². The first kappa shape index (κ1) is 8.51. The van der Waals surface area contributed by atoms with Gasteiger partial charge in [-0.05, 0) is 18.6 Å². The quantitative estimate of drug-likeness (QED) is 0.684. The molecule has 4 heteroatoms. The highest BCUT2D eigenvalue weighted by molar-refractivity contribution is 6.30. The number of carbonyl (C=O) groups excluding carboxylic acids is 1. The Morgan fingerprint density at radius 3 is 2.85 bits per heavy atom. The average molecular weight is 197 g/mol. The van der Waals surface area contributed by atoms with Gasteiger partial charge in [-0.3, -0.25) is 9.78 Å². The zero-order valence-corrected chi connectivity index (χ0v) is 7.79. The fourth-order valence-corrected chi connectivity index (χ4v) is 1.36. The molecule has 0 atom stereocenters. The summed E-state index contributed by atoms with van der Waals surface area (Å²) >= 11 is 5.74. The van der Waals surface area contributed by atoms with Crippen LogP contribution >= 0.6 is 11.6 Å². The largest absolute Gasteiger partial charge is 0.337 e. The summed E-state index contributed by atoms with van der Waals surface area (Å²) in [4.78, 5) is 17.3. The van der Waals surface area contributed by atoms with E-state index in [1.165, 1.54) is 0 Å². The number of hydrogen-bond acceptors (Lipinski definition) is 2. The lowest BCUT2D eigenvalue weighted by molar-refractivity contribution is 0.0645. The molecule has 2 heterocycles. The van der Waals surface area contributed by atoms with Gasteiger partial charge >= 0.3 is 0 Å². The van der Waals surface area contributed by atoms with E-state index in [1.54, 1.807) is 23.2 Å². The molecule has 68 valence electrons. The van der Waals surface area contributed by atoms with E-state index in [1.807, 2.05) is 0 Å². The summed E-state index contributed by atoms with van der Waals surface area (Å²) in [6.07, 6.45) is 2.64. The van der Waals surface area contributed by atoms with Crippen molar-refractivity contribution in [1.29, 1.82) is 0 Å². The third-order valence-electron chi connectivity index (χ3n) is 2.08. The molecule has 1 saturated heterocycles. The molecule has 0 bridgehead atoms. The van der Waals surface area contributed by atoms with Gasteiger partial charge in [-0.1, -0.05) is 11.6 Å². The van der Waals surface area contributed by atoms with Crippen LogP contribution in [-0.2, 0) is 0 Å². The van der Waals surface area contributed by atoms with Crippen LogP contribution in [0.5, 0.6) is 0 Å². The van der Waals surface area contributed by atoms with E-state index in [0.29, 0.717) is 10.7 Å². The Hall–Kier alpha value is -1.09. The Kier molecular flexibility index (Phi) is 2.19. The first-order valence-electron chi connectivity index (χ1n) is 4.18. The monoisotopic (exact) mass is 196 g/mol. The van der Waals surface area contributed by atoms with E-state index in [0.717, 1.165) is 19.5 Å². The van der Waals surface area contributed by atoms with Crippen molar-refractivity contribution < 1.29 is 4.79 Å². The van der Waals surface area contributed by atoms with Crippen molar-refractivity contribution in [3.05, 3.63) is 29.0 Å². The van der Waals surface area contributed by atoms with Crippen LogP contribution in [0.2, 0.25) is 5.02 Å². The van der Waals surface area contributed by atoms with Crippen LogP contribution in [0, 0.1) is 0 Å². The summed E-state index contributed by atoms with van der Waals surface area (Å²) in [6, 6.07) is 3.26. The molecule has 0 spiro atoms. The Labute approximate surface area is 81.3 Å². The third kappa shape index (κ3) is 1.65. The lowest BCUT2D eigenvalue weighted by atomic mass is 10.2. The standard InChI is InChI=1S/C9H9ClN2O/c10-7-2-3-11-8(6-7)9(13)12-4-1-5-12/h2-3,6H,1,4-5H2. The number of carbonyl (C=O) groups is 1. The number of aromatic nitrogens is 1. The molecule has 0 radical (unpaired) electrons. The molecule has 0 aliphatic carbocycles. The minimum Gasteiger partial charge on any atom is -0.337 e. The topological polar surface area (TPSA) is 33.2 Å². The lowest BCUT2D eigenvalue weighted by Gasteiger charge is -2.30. The molecule has 0 aromatic carbocycles. The molecule has 1 fully saturated rings. The van der Waals surface area contributed by atoms with Crippen LogP contribution in [0.4, 0.5) is 0 Å². The maximum absolute atomic E-state index is 11.6. The van der Waals surface area contributed by atoms with Gasteiger partial charge in [0, 0.05) is 24.3 Å². The van der Waals surface area contributed by atoms with Crippen molar-refractivity contribution in [2.45, 2.75) is 6.42 Å². The molecular weight excluding hydrogens is 188 g/mol. The summed E-state index contributed by atoms with van der Waals surface area (Å²) < 4.78 is 0. The molecule has 2 rings (SSSR count). The molecule has 1 aromatic heterocycles. The van der Waals surface area contributed by atoms with E-state index < -0.39 is 0 Å². The Morgan fingerprint density at radius 2 is 2.31 bits per heavy atom. The second kappa shape index (κ2) is 3.34. The number of nitrogens with zero attached hydrogens (tertiary/aromatic N) is 2. The van der Waals surface area contributed by atoms with E-state index in [2.05, 4.69) is 4.98 Å². The Balaban J connectivity index is 2.19. The van der Waals surface area contributed by atoms with Crippen molar-refractivity contribution in [3.63, 3.8) is 0 Å². The van der Waals surface area contributed by atoms with Crippen molar-refractivity contribution in [3.8, 4) is 0 Å². The normalized spacial score (nSPS) is 15.3. The molecule has 1 aliphatic heterocycles. The lowest BCUT2D eigenvalue weighted by Crippen LogP contribution is -2.42. The predicted octanol–water partition coefficient (Wildman–Crippen LogP) is 1.58. The number of amides is 1. The summed E-state index contributed by atoms with van der Waals surface area (Å²) in [6.45, 7) is 1.68. The van der Waals surface area contributed by atoms with Crippen molar-refractivity contribution in [2.75, 3.05) is 13.1 Å². The fraction of sp³-hybridized carbons (Fsp3) is 0.333. The molecule has 0 unspecified atom stereocenters. The number of hydrogen-bond donors (Lipinski definition) is 0. The highest BCUT2D eigenvalue weighted by Crippen LogP contribution is 2.13. The van der Waals surface area contributed by atoms with Gasteiger partial charge in [0.15, 0.2) is 0 Å². The van der Waals surface area contributed by atoms with Crippen LogP contribution < -0.4 is 0 Å². The smallest absolute Gasteiger partial charge is 0.272 e. The Morgan fingerprint density at radius 1 is 1.54 bits per heavy atom. The molecular formula is C9H9ClN2O. The number of pyridine rings is 1. The van der Waals surface area contributed by atoms with Gasteiger partial charge in [-0.2, -0.15) is 0 Å².